The first-order valence-electron chi connectivity index (χ1n) is 21.7. The molecule has 3 N–H and O–H groups in total. The molecule has 2 aliphatic rings. The number of halogens is 2. The molecule has 0 saturated carbocycles. The summed E-state index contributed by atoms with van der Waals surface area (Å²) in [6.45, 7) is 7.98. The highest BCUT2D eigenvalue weighted by Gasteiger charge is 2.62. The molecule has 59 heavy (non-hydrogen) atoms. The van der Waals surface area contributed by atoms with Gasteiger partial charge in [-0.3, -0.25) is 9.05 Å². The minimum absolute atomic E-state index is 0.124. The highest BCUT2D eigenvalue weighted by atomic mass is 35.5. The van der Waals surface area contributed by atoms with Crippen LogP contribution in [0.2, 0.25) is 10.0 Å². The molecule has 2 aliphatic heterocycles. The van der Waals surface area contributed by atoms with Crippen molar-refractivity contribution in [3.63, 3.8) is 0 Å². The molecular weight excluding hydrogens is 818 g/mol. The van der Waals surface area contributed by atoms with Gasteiger partial charge in [-0.25, -0.2) is 14.1 Å². The molecule has 3 aromatic rings. The number of benzene rings is 1. The largest absolute Gasteiger partial charge is 0.472 e. The summed E-state index contributed by atoms with van der Waals surface area (Å²) in [6.07, 6.45) is 19.4. The van der Waals surface area contributed by atoms with Crippen LogP contribution < -0.4 is 5.73 Å². The van der Waals surface area contributed by atoms with Crippen molar-refractivity contribution in [1.29, 1.82) is 0 Å². The third-order valence-electron chi connectivity index (χ3n) is 11.2. The van der Waals surface area contributed by atoms with E-state index >= 15 is 0 Å². The predicted molar refractivity (Wildman–Crippen MR) is 231 cm³/mol. The van der Waals surface area contributed by atoms with Gasteiger partial charge in [-0.15, -0.1) is 0 Å². The highest BCUT2D eigenvalue weighted by molar-refractivity contribution is 7.47. The molecule has 2 fully saturated rings. The Morgan fingerprint density at radius 2 is 1.51 bits per heavy atom. The first kappa shape index (κ1) is 48.2. The fourth-order valence-electron chi connectivity index (χ4n) is 7.94. The van der Waals surface area contributed by atoms with Crippen LogP contribution in [0.5, 0.6) is 0 Å². The number of ether oxygens (including phenoxy) is 5. The van der Waals surface area contributed by atoms with Crippen LogP contribution in [0.15, 0.2) is 36.7 Å². The fourth-order valence-corrected chi connectivity index (χ4v) is 9.17. The molecular formula is C43H67Cl2N4O9P. The molecule has 6 atom stereocenters. The van der Waals surface area contributed by atoms with E-state index in [-0.39, 0.29) is 26.4 Å². The summed E-state index contributed by atoms with van der Waals surface area (Å²) in [6, 6.07) is 8.79. The van der Waals surface area contributed by atoms with Gasteiger partial charge in [-0.2, -0.15) is 5.10 Å². The van der Waals surface area contributed by atoms with E-state index in [1.807, 2.05) is 13.0 Å². The van der Waals surface area contributed by atoms with E-state index in [0.29, 0.717) is 39.2 Å². The van der Waals surface area contributed by atoms with Crippen LogP contribution in [0.1, 0.15) is 142 Å². The van der Waals surface area contributed by atoms with E-state index in [4.69, 9.17) is 61.7 Å². The summed E-state index contributed by atoms with van der Waals surface area (Å²) in [7, 11) is -4.60. The lowest BCUT2D eigenvalue weighted by atomic mass is 9.93. The van der Waals surface area contributed by atoms with Crippen molar-refractivity contribution in [1.82, 2.24) is 14.6 Å². The number of nitrogen functional groups attached to an aromatic ring is 1. The van der Waals surface area contributed by atoms with E-state index in [0.717, 1.165) is 12.8 Å². The SMILES string of the molecule is CCCCCCCCCCCCCCCCCCOC[C@H](COP(=O)(O)OC[C@H]1O[C@@](C)(c2ccc3c(N)ncnn23)[C@@H]2OC(C)(C)O[C@@H]21)OCc1ccc(Cl)cc1Cl. The van der Waals surface area contributed by atoms with Crippen molar-refractivity contribution in [3.05, 3.63) is 58.0 Å². The number of unbranched alkanes of at least 4 members (excludes halogenated alkanes) is 15. The van der Waals surface area contributed by atoms with Gasteiger partial charge in [-0.1, -0.05) is 133 Å². The molecule has 5 rings (SSSR count). The predicted octanol–water partition coefficient (Wildman–Crippen LogP) is 10.7. The third kappa shape index (κ3) is 14.6. The number of hydrogen-bond donors (Lipinski definition) is 2. The van der Waals surface area contributed by atoms with Gasteiger partial charge in [-0.05, 0) is 57.0 Å². The zero-order valence-electron chi connectivity index (χ0n) is 35.5. The van der Waals surface area contributed by atoms with E-state index < -0.39 is 43.6 Å². The summed E-state index contributed by atoms with van der Waals surface area (Å²) in [5, 5.41) is 5.35. The lowest BCUT2D eigenvalue weighted by Crippen LogP contribution is -2.39. The normalized spacial score (nSPS) is 22.9. The van der Waals surface area contributed by atoms with Crippen molar-refractivity contribution in [2.75, 3.05) is 32.2 Å². The van der Waals surface area contributed by atoms with Crippen LogP contribution in [0, 0.1) is 0 Å². The minimum atomic E-state index is -4.60. The number of rotatable bonds is 29. The summed E-state index contributed by atoms with van der Waals surface area (Å²) in [5.41, 5.74) is 7.00. The van der Waals surface area contributed by atoms with Crippen molar-refractivity contribution in [3.8, 4) is 0 Å². The molecule has 1 unspecified atom stereocenters. The Bertz CT molecular complexity index is 1770. The molecule has 0 aliphatic carbocycles. The lowest BCUT2D eigenvalue weighted by Gasteiger charge is -2.31. The Morgan fingerprint density at radius 1 is 0.864 bits per heavy atom. The maximum Gasteiger partial charge on any atom is 0.472 e. The van der Waals surface area contributed by atoms with Gasteiger partial charge >= 0.3 is 7.82 Å². The van der Waals surface area contributed by atoms with Crippen LogP contribution in [0.3, 0.4) is 0 Å². The summed E-state index contributed by atoms with van der Waals surface area (Å²) < 4.78 is 57.2. The quantitative estimate of drug-likeness (QED) is 0.0503. The Hall–Kier alpha value is -1.87. The topological polar surface area (TPSA) is 158 Å². The average molecular weight is 886 g/mol. The van der Waals surface area contributed by atoms with Gasteiger partial charge in [0.15, 0.2) is 11.6 Å². The maximum absolute atomic E-state index is 13.3. The lowest BCUT2D eigenvalue weighted by molar-refractivity contribution is -0.212. The number of fused-ring (bicyclic) bond motifs is 2. The number of phosphoric acid groups is 1. The number of anilines is 1. The van der Waals surface area contributed by atoms with Gasteiger partial charge in [0, 0.05) is 16.7 Å². The molecule has 16 heteroatoms. The van der Waals surface area contributed by atoms with Crippen molar-refractivity contribution < 1.29 is 42.2 Å². The van der Waals surface area contributed by atoms with Crippen LogP contribution in [-0.2, 0) is 49.5 Å². The minimum Gasteiger partial charge on any atom is -0.382 e. The Balaban J connectivity index is 1.05. The molecule has 2 saturated heterocycles. The van der Waals surface area contributed by atoms with Crippen LogP contribution >= 0.6 is 31.0 Å². The maximum atomic E-state index is 13.3. The molecule has 2 aromatic heterocycles. The number of hydrogen-bond acceptors (Lipinski definition) is 11. The van der Waals surface area contributed by atoms with Gasteiger partial charge in [0.2, 0.25) is 0 Å². The fraction of sp³-hybridized carbons (Fsp3) is 0.721. The molecule has 13 nitrogen and oxygen atoms in total. The van der Waals surface area contributed by atoms with Crippen molar-refractivity contribution >= 4 is 42.4 Å². The molecule has 0 bridgehead atoms. The van der Waals surface area contributed by atoms with Gasteiger partial charge in [0.25, 0.3) is 0 Å². The summed E-state index contributed by atoms with van der Waals surface area (Å²) in [4.78, 5) is 14.9. The Labute approximate surface area is 360 Å². The Kier molecular flexibility index (Phi) is 19.2. The molecule has 0 spiro atoms. The van der Waals surface area contributed by atoms with E-state index in [2.05, 4.69) is 17.0 Å². The first-order valence-corrected chi connectivity index (χ1v) is 23.9. The number of nitrogens with zero attached hydrogens (tertiary/aromatic N) is 3. The number of phosphoric ester groups is 1. The zero-order valence-corrected chi connectivity index (χ0v) is 37.9. The highest BCUT2D eigenvalue weighted by Crippen LogP contribution is 2.51. The second-order valence-electron chi connectivity index (χ2n) is 16.6. The molecule has 1 aromatic carbocycles. The summed E-state index contributed by atoms with van der Waals surface area (Å²) >= 11 is 12.5. The van der Waals surface area contributed by atoms with E-state index in [1.54, 1.807) is 42.6 Å². The molecule has 332 valence electrons. The van der Waals surface area contributed by atoms with Gasteiger partial charge in [0.1, 0.15) is 41.9 Å². The second-order valence-corrected chi connectivity index (χ2v) is 18.8. The number of aromatic nitrogens is 3. The monoisotopic (exact) mass is 884 g/mol. The van der Waals surface area contributed by atoms with E-state index in [1.165, 1.54) is 96.2 Å². The zero-order chi connectivity index (χ0) is 42.3. The van der Waals surface area contributed by atoms with Crippen molar-refractivity contribution in [2.45, 2.75) is 173 Å². The van der Waals surface area contributed by atoms with E-state index in [9.17, 15) is 9.46 Å². The Morgan fingerprint density at radius 3 is 2.15 bits per heavy atom. The van der Waals surface area contributed by atoms with Crippen molar-refractivity contribution in [2.24, 2.45) is 0 Å². The molecule has 0 radical (unpaired) electrons. The van der Waals surface area contributed by atoms with Gasteiger partial charge in [0.05, 0.1) is 32.1 Å². The van der Waals surface area contributed by atoms with Crippen LogP contribution in [0.4, 0.5) is 5.82 Å². The van der Waals surface area contributed by atoms with Crippen LogP contribution in [-0.4, -0.2) is 76.1 Å². The molecule has 4 heterocycles. The number of nitrogens with two attached hydrogens (primary N) is 1. The van der Waals surface area contributed by atoms with Gasteiger partial charge < -0.3 is 34.3 Å². The van der Waals surface area contributed by atoms with Crippen LogP contribution in [0.25, 0.3) is 5.52 Å². The average Bonchev–Trinajstić information content (AvgIpc) is 3.86. The summed E-state index contributed by atoms with van der Waals surface area (Å²) in [5.74, 6) is -0.626. The second kappa shape index (κ2) is 23.5. The first-order chi connectivity index (χ1) is 28.3. The third-order valence-corrected chi connectivity index (χ3v) is 12.7. The molecule has 0 amide bonds. The smallest absolute Gasteiger partial charge is 0.382 e. The standard InChI is InChI=1S/C43H67Cl2N4O9P/c1-5-6-7-8-9-10-11-12-13-14-15-16-17-18-19-20-25-52-28-34(53-27-32-21-22-33(44)26-35(32)45)29-54-59(50,51)55-30-37-39-40(58-42(2,3)57-39)43(4,56-37)38-24-23-36-41(46)47-31-48-49(36)38/h21-24,26,31,34,37,39-40H,5-20,25,27-30H2,1-4H3,(H,50,51)(H2,46,47,48)/t34-,37-,39-,40-,43+/m1/s1.